The normalized spacial score (nSPS) is 9.73. The van der Waals surface area contributed by atoms with Crippen LogP contribution >= 0.6 is 23.8 Å². The Morgan fingerprint density at radius 3 is 2.87 bits per heavy atom. The molecule has 1 rings (SSSR count). The lowest BCUT2D eigenvalue weighted by atomic mass is 10.3. The van der Waals surface area contributed by atoms with Crippen LogP contribution in [0.25, 0.3) is 0 Å². The van der Waals surface area contributed by atoms with E-state index >= 15 is 0 Å². The summed E-state index contributed by atoms with van der Waals surface area (Å²) in [6.07, 6.45) is -0.0951. The first-order valence-corrected chi connectivity index (χ1v) is 4.81. The molecule has 1 aromatic rings. The van der Waals surface area contributed by atoms with Crippen molar-refractivity contribution >= 4 is 40.4 Å². The standard InChI is InChI=1S/C9H8ClFN2OS/c10-6-2-1-5(11)3-7(6)13-9(14)4-8(12)15/h1-3H,4H2,(H2,12,15)(H,13,14). The number of nitrogens with two attached hydrogens (primary N) is 1. The molecule has 1 aromatic carbocycles. The summed E-state index contributed by atoms with van der Waals surface area (Å²) >= 11 is 10.3. The highest BCUT2D eigenvalue weighted by Gasteiger charge is 2.07. The lowest BCUT2D eigenvalue weighted by molar-refractivity contribution is -0.115. The first-order chi connectivity index (χ1) is 6.99. The molecule has 6 heteroatoms. The number of hydrogen-bond donors (Lipinski definition) is 2. The van der Waals surface area contributed by atoms with Gasteiger partial charge in [0.2, 0.25) is 5.91 Å². The van der Waals surface area contributed by atoms with Crippen LogP contribution in [-0.4, -0.2) is 10.9 Å². The van der Waals surface area contributed by atoms with Crippen molar-refractivity contribution in [3.63, 3.8) is 0 Å². The highest BCUT2D eigenvalue weighted by Crippen LogP contribution is 2.22. The minimum atomic E-state index is -0.481. The van der Waals surface area contributed by atoms with Crippen molar-refractivity contribution in [2.75, 3.05) is 5.32 Å². The predicted molar refractivity (Wildman–Crippen MR) is 61.4 cm³/mol. The highest BCUT2D eigenvalue weighted by atomic mass is 35.5. The molecular formula is C9H8ClFN2OS. The van der Waals surface area contributed by atoms with Crippen LogP contribution < -0.4 is 11.1 Å². The zero-order valence-electron chi connectivity index (χ0n) is 7.59. The van der Waals surface area contributed by atoms with Gasteiger partial charge in [-0.1, -0.05) is 23.8 Å². The molecule has 0 aliphatic rings. The van der Waals surface area contributed by atoms with Gasteiger partial charge in [-0.25, -0.2) is 4.39 Å². The molecule has 0 fully saturated rings. The minimum Gasteiger partial charge on any atom is -0.393 e. The molecule has 0 aliphatic heterocycles. The summed E-state index contributed by atoms with van der Waals surface area (Å²) in [4.78, 5) is 11.3. The van der Waals surface area contributed by atoms with Gasteiger partial charge in [0.1, 0.15) is 5.82 Å². The number of anilines is 1. The van der Waals surface area contributed by atoms with Gasteiger partial charge in [-0.05, 0) is 18.2 Å². The van der Waals surface area contributed by atoms with E-state index in [9.17, 15) is 9.18 Å². The first-order valence-electron chi connectivity index (χ1n) is 4.02. The quantitative estimate of drug-likeness (QED) is 0.803. The van der Waals surface area contributed by atoms with E-state index in [2.05, 4.69) is 17.5 Å². The molecule has 1 amide bonds. The van der Waals surface area contributed by atoms with Crippen molar-refractivity contribution in [1.82, 2.24) is 0 Å². The van der Waals surface area contributed by atoms with Crippen LogP contribution in [0.2, 0.25) is 5.02 Å². The molecule has 0 unspecified atom stereocenters. The smallest absolute Gasteiger partial charge is 0.231 e. The van der Waals surface area contributed by atoms with E-state index in [-0.39, 0.29) is 22.1 Å². The van der Waals surface area contributed by atoms with Gasteiger partial charge in [-0.2, -0.15) is 0 Å². The van der Waals surface area contributed by atoms with Crippen LogP contribution in [0.3, 0.4) is 0 Å². The summed E-state index contributed by atoms with van der Waals surface area (Å²) in [5.41, 5.74) is 5.38. The summed E-state index contributed by atoms with van der Waals surface area (Å²) in [5.74, 6) is -0.903. The molecule has 80 valence electrons. The molecule has 0 saturated heterocycles. The maximum atomic E-state index is 12.8. The number of carbonyl (C=O) groups excluding carboxylic acids is 1. The second kappa shape index (κ2) is 5.04. The number of carbonyl (C=O) groups is 1. The average Bonchev–Trinajstić information content (AvgIpc) is 2.10. The van der Waals surface area contributed by atoms with Crippen LogP contribution in [0.5, 0.6) is 0 Å². The Bertz CT molecular complexity index is 411. The van der Waals surface area contributed by atoms with Crippen LogP contribution in [-0.2, 0) is 4.79 Å². The molecule has 0 heterocycles. The molecule has 0 atom stereocenters. The number of amides is 1. The molecule has 0 spiro atoms. The Morgan fingerprint density at radius 1 is 1.60 bits per heavy atom. The summed E-state index contributed by atoms with van der Waals surface area (Å²) in [7, 11) is 0. The summed E-state index contributed by atoms with van der Waals surface area (Å²) in [6, 6.07) is 3.68. The molecule has 0 radical (unpaired) electrons. The lowest BCUT2D eigenvalue weighted by Crippen LogP contribution is -2.20. The summed E-state index contributed by atoms with van der Waals surface area (Å²) in [5, 5.41) is 2.66. The van der Waals surface area contributed by atoms with Gasteiger partial charge in [0.15, 0.2) is 0 Å². The average molecular weight is 247 g/mol. The van der Waals surface area contributed by atoms with Crippen molar-refractivity contribution in [3.05, 3.63) is 29.0 Å². The molecule has 3 nitrogen and oxygen atoms in total. The van der Waals surface area contributed by atoms with Gasteiger partial charge in [-0.3, -0.25) is 4.79 Å². The van der Waals surface area contributed by atoms with E-state index < -0.39 is 11.7 Å². The van der Waals surface area contributed by atoms with Gasteiger partial charge in [0.25, 0.3) is 0 Å². The Kier molecular flexibility index (Phi) is 3.99. The van der Waals surface area contributed by atoms with Crippen LogP contribution in [0.15, 0.2) is 18.2 Å². The fourth-order valence-electron chi connectivity index (χ4n) is 0.946. The highest BCUT2D eigenvalue weighted by molar-refractivity contribution is 7.80. The molecule has 3 N–H and O–H groups in total. The zero-order chi connectivity index (χ0) is 11.4. The van der Waals surface area contributed by atoms with Crippen molar-refractivity contribution in [2.45, 2.75) is 6.42 Å². The Hall–Kier alpha value is -1.20. The largest absolute Gasteiger partial charge is 0.393 e. The third-order valence-electron chi connectivity index (χ3n) is 1.54. The van der Waals surface area contributed by atoms with E-state index in [1.165, 1.54) is 12.1 Å². The Balaban J connectivity index is 2.76. The summed E-state index contributed by atoms with van der Waals surface area (Å²) in [6.45, 7) is 0. The second-order valence-electron chi connectivity index (χ2n) is 2.82. The topological polar surface area (TPSA) is 55.1 Å². The fourth-order valence-corrected chi connectivity index (χ4v) is 1.24. The van der Waals surface area contributed by atoms with Gasteiger partial charge < -0.3 is 11.1 Å². The number of hydrogen-bond acceptors (Lipinski definition) is 2. The van der Waals surface area contributed by atoms with E-state index in [1.807, 2.05) is 0 Å². The molecule has 0 bridgehead atoms. The van der Waals surface area contributed by atoms with Crippen molar-refractivity contribution in [1.29, 1.82) is 0 Å². The van der Waals surface area contributed by atoms with Crippen molar-refractivity contribution < 1.29 is 9.18 Å². The molecule has 0 aromatic heterocycles. The van der Waals surface area contributed by atoms with Crippen LogP contribution in [0.1, 0.15) is 6.42 Å². The summed E-state index contributed by atoms with van der Waals surface area (Å²) < 4.78 is 12.8. The molecular weight excluding hydrogens is 239 g/mol. The maximum absolute atomic E-state index is 12.8. The van der Waals surface area contributed by atoms with Crippen molar-refractivity contribution in [3.8, 4) is 0 Å². The minimum absolute atomic E-state index is 0.0695. The van der Waals surface area contributed by atoms with Crippen LogP contribution in [0, 0.1) is 5.82 Å². The first kappa shape index (κ1) is 11.9. The monoisotopic (exact) mass is 246 g/mol. The van der Waals surface area contributed by atoms with E-state index in [4.69, 9.17) is 17.3 Å². The van der Waals surface area contributed by atoms with Gasteiger partial charge in [0, 0.05) is 0 Å². The molecule has 15 heavy (non-hydrogen) atoms. The number of thiocarbonyl (C=S) groups is 1. The molecule has 0 aliphatic carbocycles. The maximum Gasteiger partial charge on any atom is 0.231 e. The second-order valence-corrected chi connectivity index (χ2v) is 3.75. The number of rotatable bonds is 3. The van der Waals surface area contributed by atoms with Gasteiger partial charge in [-0.15, -0.1) is 0 Å². The zero-order valence-corrected chi connectivity index (χ0v) is 9.16. The van der Waals surface area contributed by atoms with E-state index in [1.54, 1.807) is 0 Å². The van der Waals surface area contributed by atoms with Gasteiger partial charge in [0.05, 0.1) is 22.1 Å². The van der Waals surface area contributed by atoms with Crippen LogP contribution in [0.4, 0.5) is 10.1 Å². The molecule has 0 saturated carbocycles. The van der Waals surface area contributed by atoms with E-state index in [0.717, 1.165) is 6.07 Å². The number of halogens is 2. The van der Waals surface area contributed by atoms with Crippen molar-refractivity contribution in [2.24, 2.45) is 5.73 Å². The number of benzene rings is 1. The third kappa shape index (κ3) is 3.81. The Morgan fingerprint density at radius 2 is 2.27 bits per heavy atom. The SMILES string of the molecule is NC(=S)CC(=O)Nc1cc(F)ccc1Cl. The fraction of sp³-hybridized carbons (Fsp3) is 0.111. The van der Waals surface area contributed by atoms with Gasteiger partial charge >= 0.3 is 0 Å². The lowest BCUT2D eigenvalue weighted by Gasteiger charge is -2.06. The third-order valence-corrected chi connectivity index (χ3v) is 2.01. The Labute approximate surface area is 96.4 Å². The predicted octanol–water partition coefficient (Wildman–Crippen LogP) is 2.09. The van der Waals surface area contributed by atoms with E-state index in [0.29, 0.717) is 0 Å². The number of nitrogens with one attached hydrogen (secondary N) is 1.